The molecule has 0 bridgehead atoms. The van der Waals surface area contributed by atoms with Crippen molar-refractivity contribution in [2.75, 3.05) is 12.0 Å². The van der Waals surface area contributed by atoms with Gasteiger partial charge in [0.05, 0.1) is 5.25 Å². The van der Waals surface area contributed by atoms with Crippen molar-refractivity contribution >= 4 is 21.6 Å². The van der Waals surface area contributed by atoms with Gasteiger partial charge in [-0.05, 0) is 43.8 Å². The normalized spacial score (nSPS) is 36.9. The van der Waals surface area contributed by atoms with Crippen molar-refractivity contribution < 1.29 is 8.42 Å². The van der Waals surface area contributed by atoms with Gasteiger partial charge in [0.1, 0.15) is 9.84 Å². The van der Waals surface area contributed by atoms with E-state index in [0.717, 1.165) is 25.7 Å². The van der Waals surface area contributed by atoms with Crippen molar-refractivity contribution in [2.24, 2.45) is 11.7 Å². The highest BCUT2D eigenvalue weighted by molar-refractivity contribution is 8.00. The van der Waals surface area contributed by atoms with E-state index in [4.69, 9.17) is 5.73 Å². The van der Waals surface area contributed by atoms with Crippen LogP contribution in [-0.2, 0) is 9.84 Å². The van der Waals surface area contributed by atoms with Crippen LogP contribution in [0.4, 0.5) is 0 Å². The molecule has 1 heterocycles. The largest absolute Gasteiger partial charge is 0.326 e. The predicted octanol–water partition coefficient (Wildman–Crippen LogP) is 1.81. The number of hydrogen-bond acceptors (Lipinski definition) is 4. The lowest BCUT2D eigenvalue weighted by Gasteiger charge is -2.34. The van der Waals surface area contributed by atoms with Crippen LogP contribution in [0.5, 0.6) is 0 Å². The first-order chi connectivity index (χ1) is 7.98. The lowest BCUT2D eigenvalue weighted by atomic mass is 9.82. The van der Waals surface area contributed by atoms with E-state index < -0.39 is 9.84 Å². The minimum absolute atomic E-state index is 0.140. The van der Waals surface area contributed by atoms with E-state index in [1.165, 1.54) is 24.9 Å². The summed E-state index contributed by atoms with van der Waals surface area (Å²) in [6, 6.07) is 0.201. The van der Waals surface area contributed by atoms with Crippen LogP contribution in [0.1, 0.15) is 38.5 Å². The van der Waals surface area contributed by atoms with E-state index in [0.29, 0.717) is 11.2 Å². The van der Waals surface area contributed by atoms with E-state index in [1.807, 2.05) is 11.8 Å². The highest BCUT2D eigenvalue weighted by Crippen LogP contribution is 2.37. The summed E-state index contributed by atoms with van der Waals surface area (Å²) in [5.74, 6) is 1.64. The minimum atomic E-state index is -2.88. The average molecular weight is 277 g/mol. The van der Waals surface area contributed by atoms with E-state index in [9.17, 15) is 8.42 Å². The molecule has 4 unspecified atom stereocenters. The first-order valence-electron chi connectivity index (χ1n) is 6.54. The zero-order valence-electron chi connectivity index (χ0n) is 10.5. The standard InChI is InChI=1S/C12H23NO2S2/c1-17(14,15)10-5-2-4-9(8-10)12(13)11-6-3-7-16-11/h9-12H,2-8,13H2,1H3. The third-order valence-corrected chi connectivity index (χ3v) is 7.35. The maximum atomic E-state index is 11.6. The molecule has 0 amide bonds. The van der Waals surface area contributed by atoms with E-state index in [1.54, 1.807) is 0 Å². The second kappa shape index (κ2) is 5.49. The SMILES string of the molecule is CS(=O)(=O)C1CCCC(C(N)C2CCCS2)C1. The van der Waals surface area contributed by atoms with Crippen LogP contribution in [0.2, 0.25) is 0 Å². The number of nitrogens with two attached hydrogens (primary N) is 1. The van der Waals surface area contributed by atoms with Gasteiger partial charge >= 0.3 is 0 Å². The van der Waals surface area contributed by atoms with Crippen LogP contribution < -0.4 is 5.73 Å². The summed E-state index contributed by atoms with van der Waals surface area (Å²) in [6.45, 7) is 0. The molecule has 1 aliphatic carbocycles. The molecule has 1 aliphatic heterocycles. The van der Waals surface area contributed by atoms with Gasteiger partial charge in [0.15, 0.2) is 0 Å². The zero-order chi connectivity index (χ0) is 12.5. The van der Waals surface area contributed by atoms with Gasteiger partial charge in [-0.15, -0.1) is 0 Å². The smallest absolute Gasteiger partial charge is 0.150 e. The molecule has 100 valence electrons. The maximum Gasteiger partial charge on any atom is 0.150 e. The summed E-state index contributed by atoms with van der Waals surface area (Å²) in [5.41, 5.74) is 6.34. The quantitative estimate of drug-likeness (QED) is 0.855. The summed E-state index contributed by atoms with van der Waals surface area (Å²) in [7, 11) is -2.88. The third-order valence-electron chi connectivity index (χ3n) is 4.21. The lowest BCUT2D eigenvalue weighted by Crippen LogP contribution is -2.42. The molecule has 2 N–H and O–H groups in total. The molecular weight excluding hydrogens is 254 g/mol. The highest BCUT2D eigenvalue weighted by Gasteiger charge is 2.35. The number of rotatable bonds is 3. The Morgan fingerprint density at radius 2 is 2.00 bits per heavy atom. The Kier molecular flexibility index (Phi) is 4.42. The Morgan fingerprint density at radius 1 is 1.24 bits per heavy atom. The van der Waals surface area contributed by atoms with Gasteiger partial charge in [0.2, 0.25) is 0 Å². The molecule has 3 nitrogen and oxygen atoms in total. The Balaban J connectivity index is 1.96. The molecule has 1 saturated heterocycles. The van der Waals surface area contributed by atoms with Gasteiger partial charge in [-0.3, -0.25) is 0 Å². The fourth-order valence-electron chi connectivity index (χ4n) is 3.13. The van der Waals surface area contributed by atoms with E-state index in [2.05, 4.69) is 0 Å². The summed E-state index contributed by atoms with van der Waals surface area (Å²) in [5, 5.41) is 0.428. The predicted molar refractivity (Wildman–Crippen MR) is 74.0 cm³/mol. The molecule has 0 spiro atoms. The van der Waals surface area contributed by atoms with Crippen LogP contribution in [-0.4, -0.2) is 37.0 Å². The molecule has 1 saturated carbocycles. The Labute approximate surface area is 109 Å². The Morgan fingerprint density at radius 3 is 2.59 bits per heavy atom. The van der Waals surface area contributed by atoms with Gasteiger partial charge in [0, 0.05) is 17.5 Å². The first kappa shape index (κ1) is 13.7. The molecule has 4 atom stereocenters. The summed E-state index contributed by atoms with van der Waals surface area (Å²) in [6.07, 6.45) is 7.61. The molecule has 2 aliphatic rings. The van der Waals surface area contributed by atoms with Crippen molar-refractivity contribution in [3.8, 4) is 0 Å². The average Bonchev–Trinajstić information content (AvgIpc) is 2.80. The first-order valence-corrected chi connectivity index (χ1v) is 9.55. The molecular formula is C12H23NO2S2. The fraction of sp³-hybridized carbons (Fsp3) is 1.00. The molecule has 2 fully saturated rings. The van der Waals surface area contributed by atoms with Crippen molar-refractivity contribution in [1.29, 1.82) is 0 Å². The molecule has 0 aromatic carbocycles. The molecule has 0 aromatic rings. The molecule has 5 heteroatoms. The molecule has 0 aromatic heterocycles. The van der Waals surface area contributed by atoms with Crippen molar-refractivity contribution in [2.45, 2.75) is 55.1 Å². The Hall–Kier alpha value is 0.260. The van der Waals surface area contributed by atoms with Gasteiger partial charge in [-0.25, -0.2) is 8.42 Å². The Bertz CT molecular complexity index is 350. The van der Waals surface area contributed by atoms with Crippen LogP contribution in [0.3, 0.4) is 0 Å². The van der Waals surface area contributed by atoms with Crippen LogP contribution >= 0.6 is 11.8 Å². The topological polar surface area (TPSA) is 60.2 Å². The van der Waals surface area contributed by atoms with Gasteiger partial charge in [-0.2, -0.15) is 11.8 Å². The van der Waals surface area contributed by atoms with Crippen LogP contribution in [0.15, 0.2) is 0 Å². The second-order valence-corrected chi connectivity index (χ2v) is 9.18. The summed E-state index contributed by atoms with van der Waals surface area (Å²) >= 11 is 1.98. The monoisotopic (exact) mass is 277 g/mol. The molecule has 2 rings (SSSR count). The molecule has 0 radical (unpaired) electrons. The number of sulfone groups is 1. The number of thioether (sulfide) groups is 1. The van der Waals surface area contributed by atoms with Gasteiger partial charge in [0.25, 0.3) is 0 Å². The summed E-state index contributed by atoms with van der Waals surface area (Å²) < 4.78 is 23.3. The minimum Gasteiger partial charge on any atom is -0.326 e. The van der Waals surface area contributed by atoms with E-state index >= 15 is 0 Å². The lowest BCUT2D eigenvalue weighted by molar-refractivity contribution is 0.299. The van der Waals surface area contributed by atoms with Crippen LogP contribution in [0, 0.1) is 5.92 Å². The van der Waals surface area contributed by atoms with Crippen LogP contribution in [0.25, 0.3) is 0 Å². The van der Waals surface area contributed by atoms with Gasteiger partial charge in [-0.1, -0.05) is 6.42 Å². The van der Waals surface area contributed by atoms with Crippen molar-refractivity contribution in [3.05, 3.63) is 0 Å². The highest BCUT2D eigenvalue weighted by atomic mass is 32.2. The maximum absolute atomic E-state index is 11.6. The summed E-state index contributed by atoms with van der Waals surface area (Å²) in [4.78, 5) is 0. The fourth-order valence-corrected chi connectivity index (χ4v) is 5.73. The zero-order valence-corrected chi connectivity index (χ0v) is 12.1. The second-order valence-electron chi connectivity index (χ2n) is 5.51. The van der Waals surface area contributed by atoms with Crippen molar-refractivity contribution in [3.63, 3.8) is 0 Å². The number of hydrogen-bond donors (Lipinski definition) is 1. The van der Waals surface area contributed by atoms with Gasteiger partial charge < -0.3 is 5.73 Å². The van der Waals surface area contributed by atoms with Crippen molar-refractivity contribution in [1.82, 2.24) is 0 Å². The van der Waals surface area contributed by atoms with E-state index in [-0.39, 0.29) is 11.3 Å². The third kappa shape index (κ3) is 3.38. The molecule has 17 heavy (non-hydrogen) atoms.